The fourth-order valence-electron chi connectivity index (χ4n) is 1.37. The summed E-state index contributed by atoms with van der Waals surface area (Å²) < 4.78 is 13.2. The first-order valence-corrected chi connectivity index (χ1v) is 6.24. The topological polar surface area (TPSA) is 94.3 Å². The van der Waals surface area contributed by atoms with Gasteiger partial charge < -0.3 is 15.4 Å². The Morgan fingerprint density at radius 1 is 1.47 bits per heavy atom. The highest BCUT2D eigenvalue weighted by atomic mass is 32.2. The number of hydrogen-bond acceptors (Lipinski definition) is 6. The van der Waals surface area contributed by atoms with E-state index in [1.54, 1.807) is 0 Å². The fourth-order valence-corrected chi connectivity index (χ4v) is 2.00. The first-order valence-electron chi connectivity index (χ1n) is 5.25. The third-order valence-electron chi connectivity index (χ3n) is 2.24. The second kappa shape index (κ2) is 5.96. The van der Waals surface area contributed by atoms with Crippen LogP contribution in [0.4, 0.5) is 4.39 Å². The van der Waals surface area contributed by atoms with Gasteiger partial charge in [-0.1, -0.05) is 23.9 Å². The van der Waals surface area contributed by atoms with Crippen LogP contribution in [-0.2, 0) is 4.79 Å². The van der Waals surface area contributed by atoms with Crippen LogP contribution in [0, 0.1) is 5.82 Å². The molecule has 2 rings (SSSR count). The van der Waals surface area contributed by atoms with E-state index in [2.05, 4.69) is 15.5 Å². The van der Waals surface area contributed by atoms with Crippen LogP contribution in [0.2, 0.25) is 0 Å². The van der Waals surface area contributed by atoms with Crippen molar-refractivity contribution in [3.8, 4) is 0 Å². The zero-order valence-electron chi connectivity index (χ0n) is 9.58. The first kappa shape index (κ1) is 13.7. The van der Waals surface area contributed by atoms with Crippen molar-refractivity contribution in [2.24, 2.45) is 10.2 Å². The van der Waals surface area contributed by atoms with Gasteiger partial charge in [0.05, 0.1) is 12.0 Å². The molecule has 19 heavy (non-hydrogen) atoms. The Labute approximate surface area is 112 Å². The second-order valence-electron chi connectivity index (χ2n) is 3.64. The molecule has 0 unspecified atom stereocenters. The Bertz CT molecular complexity index is 565. The lowest BCUT2D eigenvalue weighted by Gasteiger charge is -2.02. The minimum absolute atomic E-state index is 0.133. The lowest BCUT2D eigenvalue weighted by atomic mass is 9.79. The van der Waals surface area contributed by atoms with Crippen molar-refractivity contribution < 1.29 is 19.2 Å². The molecule has 1 aliphatic heterocycles. The summed E-state index contributed by atoms with van der Waals surface area (Å²) in [6.07, 6.45) is 1.32. The average molecular weight is 281 g/mol. The van der Waals surface area contributed by atoms with Crippen LogP contribution >= 0.6 is 11.8 Å². The molecule has 98 valence electrons. The number of carbonyl (C=O) groups is 1. The van der Waals surface area contributed by atoms with E-state index in [4.69, 9.17) is 10.0 Å². The van der Waals surface area contributed by atoms with Crippen molar-refractivity contribution in [2.75, 3.05) is 5.75 Å². The van der Waals surface area contributed by atoms with E-state index in [0.717, 1.165) is 6.07 Å². The van der Waals surface area contributed by atoms with Gasteiger partial charge in [0.25, 0.3) is 0 Å². The number of hydrogen-bond donors (Lipinski definition) is 3. The summed E-state index contributed by atoms with van der Waals surface area (Å²) in [5, 5.41) is 28.3. The van der Waals surface area contributed by atoms with Crippen molar-refractivity contribution in [1.82, 2.24) is 5.32 Å². The number of amidine groups is 1. The number of rotatable bonds is 3. The summed E-state index contributed by atoms with van der Waals surface area (Å²) in [5.41, 5.74) is 0.225. The standard InChI is InChI=1S/C10H9BFN3O3S/c12-8-2-1-6(3-7(8)11(17)18)4-13-15-10-14-9(16)5-19-10/h1-4,17-18H,5H2,(H,14,15,16). The molecule has 1 aromatic rings. The van der Waals surface area contributed by atoms with Crippen molar-refractivity contribution >= 4 is 41.6 Å². The Morgan fingerprint density at radius 3 is 2.89 bits per heavy atom. The van der Waals surface area contributed by atoms with Crippen LogP contribution in [0.3, 0.4) is 0 Å². The molecule has 0 radical (unpaired) electrons. The maximum absolute atomic E-state index is 13.2. The van der Waals surface area contributed by atoms with Crippen LogP contribution in [-0.4, -0.2) is 40.2 Å². The molecular weight excluding hydrogens is 272 g/mol. The average Bonchev–Trinajstić information content (AvgIpc) is 2.77. The molecule has 1 fully saturated rings. The predicted molar refractivity (Wildman–Crippen MR) is 71.9 cm³/mol. The molecule has 0 aliphatic carbocycles. The highest BCUT2D eigenvalue weighted by Crippen LogP contribution is 2.08. The monoisotopic (exact) mass is 281 g/mol. The number of nitrogens with one attached hydrogen (secondary N) is 1. The van der Waals surface area contributed by atoms with Gasteiger partial charge in [-0.05, 0) is 11.6 Å². The molecule has 3 N–H and O–H groups in total. The van der Waals surface area contributed by atoms with Gasteiger partial charge in [-0.25, -0.2) is 4.39 Å². The molecule has 1 aromatic carbocycles. The van der Waals surface area contributed by atoms with E-state index >= 15 is 0 Å². The summed E-state index contributed by atoms with van der Waals surface area (Å²) in [7, 11) is -1.88. The molecule has 1 aliphatic rings. The van der Waals surface area contributed by atoms with E-state index in [-0.39, 0.29) is 11.4 Å². The van der Waals surface area contributed by atoms with Crippen molar-refractivity contribution in [2.45, 2.75) is 0 Å². The van der Waals surface area contributed by atoms with E-state index in [1.165, 1.54) is 30.1 Å². The van der Waals surface area contributed by atoms with Gasteiger partial charge in [-0.2, -0.15) is 5.10 Å². The van der Waals surface area contributed by atoms with Crippen LogP contribution < -0.4 is 10.8 Å². The molecule has 0 spiro atoms. The Morgan fingerprint density at radius 2 is 2.26 bits per heavy atom. The molecule has 1 heterocycles. The maximum atomic E-state index is 13.2. The Balaban J connectivity index is 2.11. The van der Waals surface area contributed by atoms with E-state index < -0.39 is 12.9 Å². The fraction of sp³-hybridized carbons (Fsp3) is 0.100. The predicted octanol–water partition coefficient (Wildman–Crippen LogP) is -0.942. The van der Waals surface area contributed by atoms with Crippen LogP contribution in [0.5, 0.6) is 0 Å². The molecular formula is C10H9BFN3O3S. The van der Waals surface area contributed by atoms with Crippen molar-refractivity contribution in [1.29, 1.82) is 0 Å². The summed E-state index contributed by atoms with van der Waals surface area (Å²) in [6, 6.07) is 3.78. The van der Waals surface area contributed by atoms with Gasteiger partial charge in [0.15, 0.2) is 5.17 Å². The van der Waals surface area contributed by atoms with Gasteiger partial charge in [-0.15, -0.1) is 5.10 Å². The lowest BCUT2D eigenvalue weighted by Crippen LogP contribution is -2.33. The number of amides is 1. The summed E-state index contributed by atoms with van der Waals surface area (Å²) in [6.45, 7) is 0. The first-order chi connectivity index (χ1) is 9.06. The summed E-state index contributed by atoms with van der Waals surface area (Å²) >= 11 is 1.23. The highest BCUT2D eigenvalue weighted by Gasteiger charge is 2.17. The molecule has 0 atom stereocenters. The number of nitrogens with zero attached hydrogens (tertiary/aromatic N) is 2. The Hall–Kier alpha value is -1.71. The minimum Gasteiger partial charge on any atom is -0.423 e. The molecule has 9 heteroatoms. The highest BCUT2D eigenvalue weighted by molar-refractivity contribution is 8.15. The van der Waals surface area contributed by atoms with Gasteiger partial charge in [-0.3, -0.25) is 4.79 Å². The number of carbonyl (C=O) groups excluding carboxylic acids is 1. The largest absolute Gasteiger partial charge is 0.491 e. The molecule has 6 nitrogen and oxygen atoms in total. The maximum Gasteiger partial charge on any atom is 0.491 e. The molecule has 0 bridgehead atoms. The normalized spacial score (nSPS) is 17.2. The number of benzene rings is 1. The summed E-state index contributed by atoms with van der Waals surface area (Å²) in [5.74, 6) is -0.533. The third kappa shape index (κ3) is 3.63. The molecule has 1 amide bonds. The number of halogens is 1. The zero-order chi connectivity index (χ0) is 13.8. The van der Waals surface area contributed by atoms with Gasteiger partial charge >= 0.3 is 7.12 Å². The summed E-state index contributed by atoms with van der Waals surface area (Å²) in [4.78, 5) is 10.9. The quantitative estimate of drug-likeness (QED) is 0.378. The lowest BCUT2D eigenvalue weighted by molar-refractivity contribution is -0.116. The second-order valence-corrected chi connectivity index (χ2v) is 4.61. The number of thioether (sulfide) groups is 1. The van der Waals surface area contributed by atoms with E-state index in [0.29, 0.717) is 16.5 Å². The SMILES string of the molecule is O=C1CSC(=NN=Cc2ccc(F)c(B(O)O)c2)N1. The van der Waals surface area contributed by atoms with Gasteiger partial charge in [0, 0.05) is 5.46 Å². The minimum atomic E-state index is -1.88. The van der Waals surface area contributed by atoms with E-state index in [9.17, 15) is 9.18 Å². The van der Waals surface area contributed by atoms with E-state index in [1.807, 2.05) is 0 Å². The van der Waals surface area contributed by atoms with Gasteiger partial charge in [0.1, 0.15) is 5.82 Å². The van der Waals surface area contributed by atoms with Gasteiger partial charge in [0.2, 0.25) is 5.91 Å². The third-order valence-corrected chi connectivity index (χ3v) is 3.10. The Kier molecular flexibility index (Phi) is 4.30. The smallest absolute Gasteiger partial charge is 0.423 e. The molecule has 1 saturated heterocycles. The van der Waals surface area contributed by atoms with Crippen LogP contribution in [0.1, 0.15) is 5.56 Å². The molecule has 0 aromatic heterocycles. The molecule has 0 saturated carbocycles. The van der Waals surface area contributed by atoms with Crippen LogP contribution in [0.15, 0.2) is 28.4 Å². The van der Waals surface area contributed by atoms with Crippen molar-refractivity contribution in [3.05, 3.63) is 29.6 Å². The van der Waals surface area contributed by atoms with Crippen molar-refractivity contribution in [3.63, 3.8) is 0 Å². The van der Waals surface area contributed by atoms with Crippen LogP contribution in [0.25, 0.3) is 0 Å². The zero-order valence-corrected chi connectivity index (χ0v) is 10.4.